The van der Waals surface area contributed by atoms with E-state index in [1.165, 1.54) is 48.9 Å². The van der Waals surface area contributed by atoms with Gasteiger partial charge in [-0.2, -0.15) is 0 Å². The first-order valence-electron chi connectivity index (χ1n) is 18.9. The summed E-state index contributed by atoms with van der Waals surface area (Å²) in [6.07, 6.45) is 0. The van der Waals surface area contributed by atoms with Gasteiger partial charge in [0.15, 0.2) is 17.5 Å². The van der Waals surface area contributed by atoms with Gasteiger partial charge >= 0.3 is 0 Å². The van der Waals surface area contributed by atoms with Gasteiger partial charge < -0.3 is 8.98 Å². The van der Waals surface area contributed by atoms with E-state index in [4.69, 9.17) is 19.4 Å². The molecule has 0 saturated carbocycles. The van der Waals surface area contributed by atoms with Crippen molar-refractivity contribution < 1.29 is 4.42 Å². The molecule has 5 nitrogen and oxygen atoms in total. The second-order valence-electron chi connectivity index (χ2n) is 14.4. The van der Waals surface area contributed by atoms with E-state index in [0.29, 0.717) is 17.5 Å². The summed E-state index contributed by atoms with van der Waals surface area (Å²) in [6.45, 7) is 0. The summed E-state index contributed by atoms with van der Waals surface area (Å²) in [7, 11) is 0. The van der Waals surface area contributed by atoms with Crippen molar-refractivity contribution in [2.45, 2.75) is 0 Å². The molecule has 0 aliphatic heterocycles. The number of hydrogen-bond donors (Lipinski definition) is 0. The van der Waals surface area contributed by atoms with Gasteiger partial charge in [-0.15, -0.1) is 0 Å². The van der Waals surface area contributed by atoms with Crippen molar-refractivity contribution in [1.29, 1.82) is 0 Å². The van der Waals surface area contributed by atoms with E-state index in [1.807, 2.05) is 54.6 Å². The fourth-order valence-corrected chi connectivity index (χ4v) is 8.73. The molecular weight excluding hydrogens is 685 g/mol. The molecule has 0 amide bonds. The molecule has 0 aliphatic carbocycles. The van der Waals surface area contributed by atoms with Crippen molar-refractivity contribution in [3.8, 4) is 51.0 Å². The molecule has 0 unspecified atom stereocenters. The number of hydrogen-bond acceptors (Lipinski definition) is 4. The topological polar surface area (TPSA) is 56.7 Å². The maximum Gasteiger partial charge on any atom is 0.164 e. The molecule has 3 aromatic heterocycles. The summed E-state index contributed by atoms with van der Waals surface area (Å²) < 4.78 is 8.68. The van der Waals surface area contributed by atoms with Crippen LogP contribution in [-0.2, 0) is 0 Å². The molecule has 0 fully saturated rings. The molecule has 56 heavy (non-hydrogen) atoms. The first-order chi connectivity index (χ1) is 27.8. The van der Waals surface area contributed by atoms with Crippen molar-refractivity contribution >= 4 is 65.3 Å². The first-order valence-corrected chi connectivity index (χ1v) is 18.9. The van der Waals surface area contributed by atoms with Gasteiger partial charge in [0.05, 0.1) is 11.0 Å². The van der Waals surface area contributed by atoms with Crippen LogP contribution >= 0.6 is 0 Å². The molecule has 3 heterocycles. The van der Waals surface area contributed by atoms with Crippen LogP contribution in [0.5, 0.6) is 0 Å². The average Bonchev–Trinajstić information content (AvgIpc) is 3.82. The minimum absolute atomic E-state index is 0.591. The third-order valence-electron chi connectivity index (χ3n) is 11.2. The largest absolute Gasteiger partial charge is 0.456 e. The number of fused-ring (bicyclic) bond motifs is 6. The Morgan fingerprint density at radius 3 is 1.73 bits per heavy atom. The quantitative estimate of drug-likeness (QED) is 0.167. The van der Waals surface area contributed by atoms with E-state index in [2.05, 4.69) is 132 Å². The zero-order valence-corrected chi connectivity index (χ0v) is 30.0. The van der Waals surface area contributed by atoms with Crippen LogP contribution in [0.1, 0.15) is 0 Å². The highest BCUT2D eigenvalue weighted by Crippen LogP contribution is 2.47. The summed E-state index contributed by atoms with van der Waals surface area (Å²) in [5.74, 6) is 1.82. The van der Waals surface area contributed by atoms with Gasteiger partial charge in [0.1, 0.15) is 11.2 Å². The Morgan fingerprint density at radius 1 is 0.339 bits per heavy atom. The molecule has 0 aliphatic rings. The molecule has 0 spiro atoms. The van der Waals surface area contributed by atoms with E-state index in [-0.39, 0.29) is 0 Å². The molecule has 0 atom stereocenters. The zero-order chi connectivity index (χ0) is 36.7. The number of para-hydroxylation sites is 2. The van der Waals surface area contributed by atoms with E-state index >= 15 is 0 Å². The maximum atomic E-state index is 6.27. The van der Waals surface area contributed by atoms with Crippen LogP contribution < -0.4 is 0 Å². The highest BCUT2D eigenvalue weighted by atomic mass is 16.3. The predicted molar refractivity (Wildman–Crippen MR) is 229 cm³/mol. The Morgan fingerprint density at radius 2 is 0.911 bits per heavy atom. The van der Waals surface area contributed by atoms with Gasteiger partial charge in [0, 0.05) is 49.3 Å². The molecule has 0 N–H and O–H groups in total. The number of nitrogens with zero attached hydrogens (tertiary/aromatic N) is 4. The smallest absolute Gasteiger partial charge is 0.164 e. The van der Waals surface area contributed by atoms with Crippen LogP contribution in [0.25, 0.3) is 116 Å². The van der Waals surface area contributed by atoms with Gasteiger partial charge in [0.25, 0.3) is 0 Å². The summed E-state index contributed by atoms with van der Waals surface area (Å²) in [5, 5.41) is 9.71. The third kappa shape index (κ3) is 4.58. The van der Waals surface area contributed by atoms with Gasteiger partial charge in [-0.25, -0.2) is 15.0 Å². The molecule has 0 radical (unpaired) electrons. The molecular formula is C51H30N4O. The normalized spacial score (nSPS) is 11.9. The van der Waals surface area contributed by atoms with Crippen molar-refractivity contribution in [1.82, 2.24) is 19.5 Å². The van der Waals surface area contributed by atoms with Crippen LogP contribution in [-0.4, -0.2) is 19.5 Å². The van der Waals surface area contributed by atoms with Crippen molar-refractivity contribution in [2.75, 3.05) is 0 Å². The Labute approximate surface area is 321 Å². The molecule has 12 rings (SSSR count). The lowest BCUT2D eigenvalue weighted by molar-refractivity contribution is 0.669. The zero-order valence-electron chi connectivity index (χ0n) is 30.0. The van der Waals surface area contributed by atoms with Crippen molar-refractivity contribution in [3.05, 3.63) is 182 Å². The maximum absolute atomic E-state index is 6.27. The SMILES string of the molecule is c1ccc(-c2nc(-c3cccc(-c4ccc5c6c4c4ccccc4c4cccc(c46)n5-c4ccccc4)c3)nc(-c3ccc4c(c3)oc3ccccc34)n2)cc1. The Bertz CT molecular complexity index is 3470. The average molecular weight is 715 g/mol. The second-order valence-corrected chi connectivity index (χ2v) is 14.4. The Kier molecular flexibility index (Phi) is 6.56. The predicted octanol–water partition coefficient (Wildman–Crippen LogP) is 13.3. The minimum atomic E-state index is 0.591. The molecule has 260 valence electrons. The van der Waals surface area contributed by atoms with Crippen LogP contribution in [0.3, 0.4) is 0 Å². The van der Waals surface area contributed by atoms with E-state index in [1.54, 1.807) is 0 Å². The Balaban J connectivity index is 1.08. The molecule has 9 aromatic carbocycles. The second kappa shape index (κ2) is 11.9. The summed E-state index contributed by atoms with van der Waals surface area (Å²) in [6, 6.07) is 63.8. The lowest BCUT2D eigenvalue weighted by atomic mass is 9.89. The fraction of sp³-hybridized carbons (Fsp3) is 0. The van der Waals surface area contributed by atoms with E-state index in [0.717, 1.165) is 49.9 Å². The first kappa shape index (κ1) is 30.8. The van der Waals surface area contributed by atoms with E-state index in [9.17, 15) is 0 Å². The van der Waals surface area contributed by atoms with Gasteiger partial charge in [-0.1, -0.05) is 133 Å². The van der Waals surface area contributed by atoms with Gasteiger partial charge in [-0.3, -0.25) is 0 Å². The monoisotopic (exact) mass is 714 g/mol. The van der Waals surface area contributed by atoms with Crippen LogP contribution in [0.4, 0.5) is 0 Å². The lowest BCUT2D eigenvalue weighted by Crippen LogP contribution is -2.00. The van der Waals surface area contributed by atoms with Crippen molar-refractivity contribution in [2.24, 2.45) is 0 Å². The van der Waals surface area contributed by atoms with Gasteiger partial charge in [-0.05, 0) is 75.8 Å². The minimum Gasteiger partial charge on any atom is -0.456 e. The number of aromatic nitrogens is 4. The highest BCUT2D eigenvalue weighted by Gasteiger charge is 2.22. The summed E-state index contributed by atoms with van der Waals surface area (Å²) >= 11 is 0. The molecule has 0 bridgehead atoms. The lowest BCUT2D eigenvalue weighted by Gasteiger charge is -2.14. The number of rotatable bonds is 5. The van der Waals surface area contributed by atoms with Gasteiger partial charge in [0.2, 0.25) is 0 Å². The third-order valence-corrected chi connectivity index (χ3v) is 11.2. The summed E-state index contributed by atoms with van der Waals surface area (Å²) in [5.41, 5.74) is 10.2. The number of furan rings is 1. The number of benzene rings is 9. The fourth-order valence-electron chi connectivity index (χ4n) is 8.73. The highest BCUT2D eigenvalue weighted by molar-refractivity contribution is 6.36. The van der Waals surface area contributed by atoms with Crippen LogP contribution in [0.2, 0.25) is 0 Å². The van der Waals surface area contributed by atoms with E-state index < -0.39 is 0 Å². The Hall–Kier alpha value is -7.63. The van der Waals surface area contributed by atoms with Crippen molar-refractivity contribution in [3.63, 3.8) is 0 Å². The molecule has 0 saturated heterocycles. The summed E-state index contributed by atoms with van der Waals surface area (Å²) in [4.78, 5) is 15.3. The molecule has 12 aromatic rings. The van der Waals surface area contributed by atoms with Crippen LogP contribution in [0.15, 0.2) is 186 Å². The molecule has 5 heteroatoms. The standard InChI is InChI=1S/C51H30N4O/c1-3-13-31(14-4-1)49-52-50(54-51(53-49)34-25-26-39-38-20-9-10-24-44(38)56-45(39)30-34)33-16-11-15-32(29-33)36-27-28-43-48-46(36)40-21-8-7-19-37(40)41-22-12-23-42(47(41)48)55(43)35-17-5-2-6-18-35/h1-30H. The van der Waals surface area contributed by atoms with Crippen LogP contribution in [0, 0.1) is 0 Å².